The molecule has 0 aromatic heterocycles. The molecular formula is C11H15Cl2NO2. The Balaban J connectivity index is 3.18. The summed E-state index contributed by atoms with van der Waals surface area (Å²) in [6, 6.07) is 3.21. The third-order valence-electron chi connectivity index (χ3n) is 2.43. The second kappa shape index (κ2) is 5.73. The Labute approximate surface area is 106 Å². The Morgan fingerprint density at radius 1 is 1.31 bits per heavy atom. The number of likely N-dealkylation sites (N-methyl/N-ethyl adjacent to an activating group) is 1. The topological polar surface area (TPSA) is 32.7 Å². The average molecular weight is 264 g/mol. The monoisotopic (exact) mass is 263 g/mol. The van der Waals surface area contributed by atoms with Gasteiger partial charge in [-0.15, -0.1) is 0 Å². The normalized spacial score (nSPS) is 12.9. The number of aliphatic hydroxyl groups is 1. The summed E-state index contributed by atoms with van der Waals surface area (Å²) in [5, 5.41) is 10.3. The average Bonchev–Trinajstić information content (AvgIpc) is 2.23. The summed E-state index contributed by atoms with van der Waals surface area (Å²) in [5.41, 5.74) is 0.792. The molecule has 1 aromatic rings. The third kappa shape index (κ3) is 2.80. The van der Waals surface area contributed by atoms with Crippen LogP contribution < -0.4 is 4.74 Å². The Morgan fingerprint density at radius 3 is 2.38 bits per heavy atom. The minimum atomic E-state index is -0.170. The summed E-state index contributed by atoms with van der Waals surface area (Å²) in [6.07, 6.45) is 0. The first-order chi connectivity index (χ1) is 7.51. The summed E-state index contributed by atoms with van der Waals surface area (Å²) >= 11 is 12.1. The van der Waals surface area contributed by atoms with E-state index in [1.165, 1.54) is 7.11 Å². The highest BCUT2D eigenvalue weighted by molar-refractivity contribution is 6.34. The highest BCUT2D eigenvalue weighted by atomic mass is 35.5. The van der Waals surface area contributed by atoms with Gasteiger partial charge in [0, 0.05) is 11.1 Å². The SMILES string of the molecule is COc1cc(Cl)c(C(CO)N(C)C)cc1Cl. The van der Waals surface area contributed by atoms with Crippen LogP contribution in [0.1, 0.15) is 11.6 Å². The van der Waals surface area contributed by atoms with Gasteiger partial charge in [-0.1, -0.05) is 23.2 Å². The molecule has 0 bridgehead atoms. The molecule has 1 atom stereocenters. The van der Waals surface area contributed by atoms with Gasteiger partial charge in [0.05, 0.1) is 24.8 Å². The Morgan fingerprint density at radius 2 is 1.94 bits per heavy atom. The van der Waals surface area contributed by atoms with Crippen molar-refractivity contribution < 1.29 is 9.84 Å². The number of methoxy groups -OCH3 is 1. The van der Waals surface area contributed by atoms with Crippen molar-refractivity contribution in [2.24, 2.45) is 0 Å². The van der Waals surface area contributed by atoms with Crippen LogP contribution in [0.2, 0.25) is 10.0 Å². The first-order valence-electron chi connectivity index (χ1n) is 4.81. The molecule has 0 aliphatic rings. The van der Waals surface area contributed by atoms with Crippen molar-refractivity contribution in [1.82, 2.24) is 4.90 Å². The van der Waals surface area contributed by atoms with Crippen molar-refractivity contribution >= 4 is 23.2 Å². The lowest BCUT2D eigenvalue weighted by Crippen LogP contribution is -2.23. The van der Waals surface area contributed by atoms with E-state index >= 15 is 0 Å². The van der Waals surface area contributed by atoms with Crippen molar-refractivity contribution in [3.05, 3.63) is 27.7 Å². The van der Waals surface area contributed by atoms with Gasteiger partial charge in [-0.25, -0.2) is 0 Å². The van der Waals surface area contributed by atoms with E-state index in [4.69, 9.17) is 27.9 Å². The van der Waals surface area contributed by atoms with Gasteiger partial charge in [0.15, 0.2) is 0 Å². The van der Waals surface area contributed by atoms with Gasteiger partial charge in [-0.05, 0) is 25.7 Å². The maximum atomic E-state index is 9.32. The Hall–Kier alpha value is -0.480. The molecule has 0 saturated heterocycles. The van der Waals surface area contributed by atoms with Gasteiger partial charge < -0.3 is 14.7 Å². The predicted molar refractivity (Wildman–Crippen MR) is 66.5 cm³/mol. The minimum Gasteiger partial charge on any atom is -0.495 e. The number of halogens is 2. The molecule has 0 fully saturated rings. The van der Waals surface area contributed by atoms with Crippen LogP contribution in [0.15, 0.2) is 12.1 Å². The zero-order chi connectivity index (χ0) is 12.3. The molecule has 5 heteroatoms. The number of hydrogen-bond donors (Lipinski definition) is 1. The standard InChI is InChI=1S/C11H15Cl2NO2/c1-14(2)10(6-15)7-4-9(13)11(16-3)5-8(7)12/h4-5,10,15H,6H2,1-3H3. The summed E-state index contributed by atoms with van der Waals surface area (Å²) < 4.78 is 5.06. The molecule has 1 rings (SSSR count). The molecule has 0 heterocycles. The maximum Gasteiger partial charge on any atom is 0.138 e. The smallest absolute Gasteiger partial charge is 0.138 e. The quantitative estimate of drug-likeness (QED) is 0.907. The molecule has 0 spiro atoms. The zero-order valence-electron chi connectivity index (χ0n) is 9.50. The van der Waals surface area contributed by atoms with E-state index in [0.717, 1.165) is 5.56 Å². The molecule has 0 radical (unpaired) electrons. The second-order valence-corrected chi connectivity index (χ2v) is 4.48. The lowest BCUT2D eigenvalue weighted by atomic mass is 10.1. The van der Waals surface area contributed by atoms with Crippen LogP contribution in [0, 0.1) is 0 Å². The number of rotatable bonds is 4. The van der Waals surface area contributed by atoms with Crippen LogP contribution in [-0.2, 0) is 0 Å². The molecule has 90 valence electrons. The minimum absolute atomic E-state index is 0.0185. The fraction of sp³-hybridized carbons (Fsp3) is 0.455. The van der Waals surface area contributed by atoms with E-state index in [1.807, 2.05) is 19.0 Å². The molecule has 0 amide bonds. The van der Waals surface area contributed by atoms with Crippen molar-refractivity contribution in [1.29, 1.82) is 0 Å². The van der Waals surface area contributed by atoms with Crippen molar-refractivity contribution in [2.45, 2.75) is 6.04 Å². The van der Waals surface area contributed by atoms with Gasteiger partial charge in [0.25, 0.3) is 0 Å². The molecule has 1 N–H and O–H groups in total. The third-order valence-corrected chi connectivity index (χ3v) is 3.05. The number of hydrogen-bond acceptors (Lipinski definition) is 3. The van der Waals surface area contributed by atoms with Gasteiger partial charge >= 0.3 is 0 Å². The van der Waals surface area contributed by atoms with E-state index < -0.39 is 0 Å². The molecular weight excluding hydrogens is 249 g/mol. The Kier molecular flexibility index (Phi) is 4.87. The number of aliphatic hydroxyl groups excluding tert-OH is 1. The molecule has 0 aliphatic carbocycles. The van der Waals surface area contributed by atoms with Crippen LogP contribution in [0.3, 0.4) is 0 Å². The van der Waals surface area contributed by atoms with E-state index in [1.54, 1.807) is 12.1 Å². The number of nitrogens with zero attached hydrogens (tertiary/aromatic N) is 1. The Bertz CT molecular complexity index is 369. The maximum absolute atomic E-state index is 9.32. The van der Waals surface area contributed by atoms with E-state index in [9.17, 15) is 5.11 Å². The van der Waals surface area contributed by atoms with Gasteiger partial charge in [-0.3, -0.25) is 0 Å². The van der Waals surface area contributed by atoms with Gasteiger partial charge in [0.1, 0.15) is 5.75 Å². The largest absolute Gasteiger partial charge is 0.495 e. The van der Waals surface area contributed by atoms with E-state index in [2.05, 4.69) is 0 Å². The number of benzene rings is 1. The molecule has 16 heavy (non-hydrogen) atoms. The summed E-state index contributed by atoms with van der Waals surface area (Å²) in [4.78, 5) is 1.88. The molecule has 1 unspecified atom stereocenters. The summed E-state index contributed by atoms with van der Waals surface area (Å²) in [6.45, 7) is -0.0185. The fourth-order valence-electron chi connectivity index (χ4n) is 1.50. The van der Waals surface area contributed by atoms with Crippen LogP contribution in [0.5, 0.6) is 5.75 Å². The second-order valence-electron chi connectivity index (χ2n) is 3.67. The van der Waals surface area contributed by atoms with Gasteiger partial charge in [-0.2, -0.15) is 0 Å². The summed E-state index contributed by atoms with van der Waals surface area (Å²) in [7, 11) is 5.28. The number of ether oxygens (including phenoxy) is 1. The summed E-state index contributed by atoms with van der Waals surface area (Å²) in [5.74, 6) is 0.533. The van der Waals surface area contributed by atoms with Crippen molar-refractivity contribution in [3.63, 3.8) is 0 Å². The van der Waals surface area contributed by atoms with Crippen molar-refractivity contribution in [2.75, 3.05) is 27.8 Å². The fourth-order valence-corrected chi connectivity index (χ4v) is 2.02. The van der Waals surface area contributed by atoms with Crippen LogP contribution in [0.25, 0.3) is 0 Å². The van der Waals surface area contributed by atoms with Crippen molar-refractivity contribution in [3.8, 4) is 5.75 Å². The predicted octanol–water partition coefficient (Wildman–Crippen LogP) is 2.60. The first kappa shape index (κ1) is 13.6. The lowest BCUT2D eigenvalue weighted by molar-refractivity contribution is 0.171. The van der Waals surface area contributed by atoms with E-state index in [0.29, 0.717) is 15.8 Å². The molecule has 0 saturated carbocycles. The highest BCUT2D eigenvalue weighted by Crippen LogP contribution is 2.35. The molecule has 1 aromatic carbocycles. The van der Waals surface area contributed by atoms with Crippen LogP contribution in [-0.4, -0.2) is 37.8 Å². The van der Waals surface area contributed by atoms with Crippen LogP contribution in [0.4, 0.5) is 0 Å². The van der Waals surface area contributed by atoms with Crippen LogP contribution >= 0.6 is 23.2 Å². The zero-order valence-corrected chi connectivity index (χ0v) is 11.0. The molecule has 0 aliphatic heterocycles. The lowest BCUT2D eigenvalue weighted by Gasteiger charge is -2.24. The van der Waals surface area contributed by atoms with Gasteiger partial charge in [0.2, 0.25) is 0 Å². The first-order valence-corrected chi connectivity index (χ1v) is 5.57. The highest BCUT2D eigenvalue weighted by Gasteiger charge is 2.18. The molecule has 3 nitrogen and oxygen atoms in total. The van der Waals surface area contributed by atoms with E-state index in [-0.39, 0.29) is 12.6 Å².